The molecule has 0 bridgehead atoms. The first-order chi connectivity index (χ1) is 14.6. The number of nitriles is 1. The van der Waals surface area contributed by atoms with E-state index >= 15 is 0 Å². The number of benzene rings is 1. The minimum absolute atomic E-state index is 0.0373. The Balaban J connectivity index is 2.30. The maximum atomic E-state index is 13.6. The van der Waals surface area contributed by atoms with E-state index in [0.29, 0.717) is 16.7 Å². The number of aromatic amines is 1. The molecular formula is C22H20ClN5O3. The van der Waals surface area contributed by atoms with Crippen LogP contribution in [0.15, 0.2) is 39.9 Å². The third-order valence-corrected chi connectivity index (χ3v) is 4.90. The van der Waals surface area contributed by atoms with Gasteiger partial charge in [0.25, 0.3) is 5.56 Å². The number of nitrogens with zero attached hydrogens (tertiary/aromatic N) is 3. The van der Waals surface area contributed by atoms with Gasteiger partial charge in [0.1, 0.15) is 16.7 Å². The molecule has 3 aromatic rings. The number of pyridine rings is 1. The zero-order valence-corrected chi connectivity index (χ0v) is 17.9. The number of aryl methyl sites for hydroxylation is 1. The molecule has 0 saturated carbocycles. The van der Waals surface area contributed by atoms with Crippen LogP contribution in [0.25, 0.3) is 0 Å². The number of anilines is 1. The third-order valence-electron chi connectivity index (χ3n) is 4.71. The van der Waals surface area contributed by atoms with Gasteiger partial charge in [-0.15, -0.1) is 0 Å². The number of nitrogens with two attached hydrogens (primary N) is 1. The van der Waals surface area contributed by atoms with Crippen LogP contribution in [0, 0.1) is 18.3 Å². The van der Waals surface area contributed by atoms with Crippen LogP contribution in [0.4, 0.5) is 5.82 Å². The monoisotopic (exact) mass is 437 g/mol. The van der Waals surface area contributed by atoms with Crippen LogP contribution in [0.1, 0.15) is 58.1 Å². The molecule has 3 rings (SSSR count). The van der Waals surface area contributed by atoms with Gasteiger partial charge >= 0.3 is 5.69 Å². The summed E-state index contributed by atoms with van der Waals surface area (Å²) in [5.41, 5.74) is 6.30. The topological polar surface area (TPSA) is 135 Å². The van der Waals surface area contributed by atoms with E-state index < -0.39 is 17.0 Å². The summed E-state index contributed by atoms with van der Waals surface area (Å²) in [7, 11) is 0. The zero-order chi connectivity index (χ0) is 22.9. The van der Waals surface area contributed by atoms with Crippen LogP contribution < -0.4 is 17.0 Å². The second kappa shape index (κ2) is 8.58. The van der Waals surface area contributed by atoms with Gasteiger partial charge in [-0.05, 0) is 54.3 Å². The Labute approximate surface area is 182 Å². The van der Waals surface area contributed by atoms with E-state index in [4.69, 9.17) is 17.3 Å². The van der Waals surface area contributed by atoms with Crippen LogP contribution in [0.5, 0.6) is 0 Å². The highest BCUT2D eigenvalue weighted by atomic mass is 35.5. The van der Waals surface area contributed by atoms with Crippen molar-refractivity contribution in [2.75, 3.05) is 5.73 Å². The van der Waals surface area contributed by atoms with Crippen molar-refractivity contribution in [2.24, 2.45) is 0 Å². The molecule has 0 atom stereocenters. The average molecular weight is 438 g/mol. The number of hydrogen-bond donors (Lipinski definition) is 2. The van der Waals surface area contributed by atoms with Crippen molar-refractivity contribution in [3.63, 3.8) is 0 Å². The van der Waals surface area contributed by atoms with E-state index in [0.717, 1.165) is 0 Å². The molecule has 0 saturated heterocycles. The lowest BCUT2D eigenvalue weighted by molar-refractivity contribution is 0.102. The number of hydrogen-bond acceptors (Lipinski definition) is 6. The Bertz CT molecular complexity index is 1330. The summed E-state index contributed by atoms with van der Waals surface area (Å²) >= 11 is 5.98. The second-order valence-corrected chi connectivity index (χ2v) is 7.90. The van der Waals surface area contributed by atoms with Crippen molar-refractivity contribution in [1.82, 2.24) is 14.5 Å². The molecular weight excluding hydrogens is 418 g/mol. The van der Waals surface area contributed by atoms with E-state index in [2.05, 4.69) is 9.97 Å². The smallest absolute Gasteiger partial charge is 0.329 e. The molecule has 0 aliphatic heterocycles. The summed E-state index contributed by atoms with van der Waals surface area (Å²) in [4.78, 5) is 45.1. The van der Waals surface area contributed by atoms with Crippen molar-refractivity contribution in [3.8, 4) is 6.07 Å². The molecule has 31 heavy (non-hydrogen) atoms. The summed E-state index contributed by atoms with van der Waals surface area (Å²) in [6.45, 7) is 5.22. The lowest BCUT2D eigenvalue weighted by Crippen LogP contribution is -2.38. The number of carbonyl (C=O) groups excluding carboxylic acids is 1. The molecule has 2 aromatic heterocycles. The van der Waals surface area contributed by atoms with Crippen molar-refractivity contribution in [2.45, 2.75) is 33.2 Å². The number of nitrogen functional groups attached to an aromatic ring is 1. The van der Waals surface area contributed by atoms with Crippen LogP contribution in [0.3, 0.4) is 0 Å². The number of H-pyrrole nitrogens is 1. The molecule has 0 radical (unpaired) electrons. The SMILES string of the molecule is Cc1cc(C#N)cc(C(=O)c2c(C(C)C)c(=O)[nH]c(=O)n2Cc2cc(N)nc(Cl)c2)c1. The average Bonchev–Trinajstić information content (AvgIpc) is 2.67. The number of rotatable bonds is 5. The Kier molecular flexibility index (Phi) is 6.09. The molecule has 158 valence electrons. The molecule has 0 aliphatic rings. The largest absolute Gasteiger partial charge is 0.384 e. The van der Waals surface area contributed by atoms with Crippen LogP contribution >= 0.6 is 11.6 Å². The van der Waals surface area contributed by atoms with Crippen molar-refractivity contribution >= 4 is 23.2 Å². The molecule has 0 amide bonds. The van der Waals surface area contributed by atoms with Gasteiger partial charge in [-0.1, -0.05) is 25.4 Å². The number of aromatic nitrogens is 3. The van der Waals surface area contributed by atoms with Crippen LogP contribution in [0.2, 0.25) is 5.15 Å². The van der Waals surface area contributed by atoms with E-state index in [-0.39, 0.29) is 40.3 Å². The first kappa shape index (κ1) is 22.0. The highest BCUT2D eigenvalue weighted by Crippen LogP contribution is 2.21. The number of ketones is 1. The summed E-state index contributed by atoms with van der Waals surface area (Å²) in [5, 5.41) is 9.41. The maximum Gasteiger partial charge on any atom is 0.329 e. The lowest BCUT2D eigenvalue weighted by Gasteiger charge is -2.18. The lowest BCUT2D eigenvalue weighted by atomic mass is 9.95. The minimum atomic E-state index is -0.739. The fraction of sp³-hybridized carbons (Fsp3) is 0.227. The predicted octanol–water partition coefficient (Wildman–Crippen LogP) is 2.75. The van der Waals surface area contributed by atoms with Gasteiger partial charge in [0.2, 0.25) is 5.78 Å². The fourth-order valence-electron chi connectivity index (χ4n) is 3.48. The van der Waals surface area contributed by atoms with Gasteiger partial charge in [0.05, 0.1) is 18.2 Å². The van der Waals surface area contributed by atoms with Crippen LogP contribution in [-0.2, 0) is 6.54 Å². The quantitative estimate of drug-likeness (QED) is 0.465. The normalized spacial score (nSPS) is 10.8. The Morgan fingerprint density at radius 1 is 1.26 bits per heavy atom. The first-order valence-corrected chi connectivity index (χ1v) is 9.84. The van der Waals surface area contributed by atoms with Gasteiger partial charge in [-0.3, -0.25) is 19.1 Å². The summed E-state index contributed by atoms with van der Waals surface area (Å²) in [6, 6.07) is 9.78. The van der Waals surface area contributed by atoms with Gasteiger partial charge in [0, 0.05) is 11.1 Å². The second-order valence-electron chi connectivity index (χ2n) is 7.51. The molecule has 0 spiro atoms. The van der Waals surface area contributed by atoms with Gasteiger partial charge in [-0.25, -0.2) is 9.78 Å². The number of halogens is 1. The molecule has 0 unspecified atom stereocenters. The van der Waals surface area contributed by atoms with E-state index in [1.807, 2.05) is 6.07 Å². The van der Waals surface area contributed by atoms with E-state index in [9.17, 15) is 19.6 Å². The summed E-state index contributed by atoms with van der Waals surface area (Å²) in [6.07, 6.45) is 0. The maximum absolute atomic E-state index is 13.6. The Morgan fingerprint density at radius 3 is 2.58 bits per heavy atom. The Morgan fingerprint density at radius 2 is 1.97 bits per heavy atom. The summed E-state index contributed by atoms with van der Waals surface area (Å²) < 4.78 is 1.19. The van der Waals surface area contributed by atoms with Gasteiger partial charge in [-0.2, -0.15) is 5.26 Å². The third kappa shape index (κ3) is 4.57. The molecule has 8 nitrogen and oxygen atoms in total. The summed E-state index contributed by atoms with van der Waals surface area (Å²) in [5.74, 6) is -0.713. The standard InChI is InChI=1S/C22H20ClN5O3/c1-11(2)18-19(20(29)15-5-12(3)4-13(6-15)9-24)28(22(31)27-21(18)30)10-14-7-16(23)26-17(25)8-14/h4-8,11H,10H2,1-3H3,(H2,25,26)(H,27,30,31). The van der Waals surface area contributed by atoms with E-state index in [1.54, 1.807) is 32.9 Å². The fourth-order valence-corrected chi connectivity index (χ4v) is 3.72. The predicted molar refractivity (Wildman–Crippen MR) is 117 cm³/mol. The number of carbonyl (C=O) groups is 1. The Hall–Kier alpha value is -3.70. The number of nitrogens with one attached hydrogen (secondary N) is 1. The first-order valence-electron chi connectivity index (χ1n) is 9.46. The van der Waals surface area contributed by atoms with E-state index in [1.165, 1.54) is 22.8 Å². The van der Waals surface area contributed by atoms with Crippen molar-refractivity contribution in [1.29, 1.82) is 5.26 Å². The van der Waals surface area contributed by atoms with Gasteiger partial charge in [0.15, 0.2) is 0 Å². The van der Waals surface area contributed by atoms with Gasteiger partial charge < -0.3 is 5.73 Å². The zero-order valence-electron chi connectivity index (χ0n) is 17.2. The van der Waals surface area contributed by atoms with Crippen molar-refractivity contribution in [3.05, 3.63) is 89.8 Å². The van der Waals surface area contributed by atoms with Crippen molar-refractivity contribution < 1.29 is 4.79 Å². The molecule has 3 N–H and O–H groups in total. The highest BCUT2D eigenvalue weighted by molar-refractivity contribution is 6.29. The molecule has 1 aromatic carbocycles. The molecule has 2 heterocycles. The molecule has 0 aliphatic carbocycles. The molecule has 9 heteroatoms. The minimum Gasteiger partial charge on any atom is -0.384 e. The highest BCUT2D eigenvalue weighted by Gasteiger charge is 2.25. The van der Waals surface area contributed by atoms with Crippen LogP contribution in [-0.4, -0.2) is 20.3 Å². The molecule has 0 fully saturated rings.